The van der Waals surface area contributed by atoms with E-state index in [0.29, 0.717) is 16.4 Å². The molecule has 2 atom stereocenters. The van der Waals surface area contributed by atoms with Crippen LogP contribution >= 0.6 is 46.0 Å². The van der Waals surface area contributed by atoms with Crippen LogP contribution in [0.4, 0.5) is 0 Å². The summed E-state index contributed by atoms with van der Waals surface area (Å²) in [5.41, 5.74) is 0. The van der Waals surface area contributed by atoms with Crippen LogP contribution in [0.25, 0.3) is 0 Å². The summed E-state index contributed by atoms with van der Waals surface area (Å²) >= 11 is 10.1. The van der Waals surface area contributed by atoms with E-state index in [9.17, 15) is 4.79 Å². The summed E-state index contributed by atoms with van der Waals surface area (Å²) in [5, 5.41) is 11.1. The van der Waals surface area contributed by atoms with Crippen LogP contribution in [0, 0.1) is 5.92 Å². The van der Waals surface area contributed by atoms with Gasteiger partial charge in [-0.25, -0.2) is 0 Å². The molecule has 0 radical (unpaired) electrons. The molecule has 0 unspecified atom stereocenters. The maximum absolute atomic E-state index is 12.6. The molecule has 0 spiro atoms. The summed E-state index contributed by atoms with van der Waals surface area (Å²) in [6.07, 6.45) is 2.39. The van der Waals surface area contributed by atoms with Gasteiger partial charge in [0.05, 0.1) is 9.09 Å². The second-order valence-corrected chi connectivity index (χ2v) is 10.3. The van der Waals surface area contributed by atoms with Crippen LogP contribution in [-0.2, 0) is 0 Å². The van der Waals surface area contributed by atoms with E-state index in [4.69, 9.17) is 11.6 Å². The van der Waals surface area contributed by atoms with Crippen molar-refractivity contribution in [1.82, 2.24) is 20.4 Å². The molecule has 2 bridgehead atoms. The lowest BCUT2D eigenvalue weighted by Crippen LogP contribution is -2.62. The smallest absolute Gasteiger partial charge is 0.261 e. The highest BCUT2D eigenvalue weighted by Crippen LogP contribution is 2.36. The minimum atomic E-state index is 0.0350. The predicted molar refractivity (Wildman–Crippen MR) is 98.4 cm³/mol. The van der Waals surface area contributed by atoms with Crippen molar-refractivity contribution < 1.29 is 4.79 Å². The first-order valence-corrected chi connectivity index (χ1v) is 10.7. The zero-order valence-electron chi connectivity index (χ0n) is 13.1. The molecule has 3 fully saturated rings. The minimum absolute atomic E-state index is 0.0350. The lowest BCUT2D eigenvalue weighted by molar-refractivity contribution is 0.0218. The van der Waals surface area contributed by atoms with Crippen LogP contribution < -0.4 is 5.32 Å². The largest absolute Gasteiger partial charge is 0.347 e. The number of hydrogen-bond acceptors (Lipinski definition) is 7. The Labute approximate surface area is 157 Å². The fourth-order valence-corrected chi connectivity index (χ4v) is 6.82. The van der Waals surface area contributed by atoms with E-state index in [0.717, 1.165) is 13.4 Å². The average molecular weight is 401 g/mol. The van der Waals surface area contributed by atoms with Gasteiger partial charge in [-0.3, -0.25) is 9.69 Å². The van der Waals surface area contributed by atoms with Crippen molar-refractivity contribution >= 4 is 51.9 Å². The Balaban J connectivity index is 1.41. The third kappa shape index (κ3) is 3.35. The summed E-state index contributed by atoms with van der Waals surface area (Å²) in [6, 6.07) is 4.54. The molecular weight excluding hydrogens is 384 g/mol. The molecule has 2 aromatic heterocycles. The lowest BCUT2D eigenvalue weighted by atomic mass is 9.79. The monoisotopic (exact) mass is 400 g/mol. The molecule has 3 aliphatic rings. The molecule has 2 aromatic rings. The molecule has 0 saturated carbocycles. The van der Waals surface area contributed by atoms with Crippen molar-refractivity contribution in [1.29, 1.82) is 0 Å². The number of hydrogen-bond donors (Lipinski definition) is 1. The highest BCUT2D eigenvalue weighted by molar-refractivity contribution is 8.02. The molecule has 5 heterocycles. The van der Waals surface area contributed by atoms with Gasteiger partial charge in [0.15, 0.2) is 4.34 Å². The number of halogens is 1. The SMILES string of the molecule is C[C@H]1[C@H](NC(=O)c2ccc(Sc3nnc(Cl)s3)s2)C2CCN1CC2. The van der Waals surface area contributed by atoms with Gasteiger partial charge < -0.3 is 5.32 Å². The Morgan fingerprint density at radius 3 is 2.79 bits per heavy atom. The van der Waals surface area contributed by atoms with Crippen LogP contribution in [0.3, 0.4) is 0 Å². The fraction of sp³-hybridized carbons (Fsp3) is 0.533. The molecule has 9 heteroatoms. The maximum atomic E-state index is 12.6. The predicted octanol–water partition coefficient (Wildman–Crippen LogP) is 3.62. The van der Waals surface area contributed by atoms with E-state index in [1.807, 2.05) is 12.1 Å². The number of rotatable bonds is 4. The standard InChI is InChI=1S/C15H17ClN4OS3/c1-8-12(9-4-6-20(8)7-5-9)17-13(21)10-2-3-11(22-10)23-15-19-18-14(16)24-15/h2-3,8-9,12H,4-7H2,1H3,(H,17,21)/t8-,12-/m0/s1. The molecule has 128 valence electrons. The summed E-state index contributed by atoms with van der Waals surface area (Å²) in [5.74, 6) is 0.652. The van der Waals surface area contributed by atoms with Gasteiger partial charge >= 0.3 is 0 Å². The molecule has 0 aliphatic carbocycles. The summed E-state index contributed by atoms with van der Waals surface area (Å²) in [6.45, 7) is 4.57. The Kier molecular flexibility index (Phi) is 4.83. The Morgan fingerprint density at radius 1 is 1.33 bits per heavy atom. The van der Waals surface area contributed by atoms with Crippen molar-refractivity contribution in [3.05, 3.63) is 21.5 Å². The third-order valence-electron chi connectivity index (χ3n) is 4.85. The Morgan fingerprint density at radius 2 is 2.12 bits per heavy atom. The van der Waals surface area contributed by atoms with Gasteiger partial charge in [-0.05, 0) is 74.3 Å². The van der Waals surface area contributed by atoms with Crippen molar-refractivity contribution in [2.24, 2.45) is 5.92 Å². The third-order valence-corrected chi connectivity index (χ3v) is 8.14. The normalized spacial score (nSPS) is 28.9. The molecule has 3 saturated heterocycles. The Hall–Kier alpha value is -0.670. The van der Waals surface area contributed by atoms with Gasteiger partial charge in [0.2, 0.25) is 4.47 Å². The number of thiophene rings is 1. The molecular formula is C15H17ClN4OS3. The van der Waals surface area contributed by atoms with E-state index < -0.39 is 0 Å². The number of aromatic nitrogens is 2. The van der Waals surface area contributed by atoms with Crippen LogP contribution in [-0.4, -0.2) is 46.2 Å². The number of nitrogens with zero attached hydrogens (tertiary/aromatic N) is 3. The molecule has 1 amide bonds. The number of piperidine rings is 3. The summed E-state index contributed by atoms with van der Waals surface area (Å²) < 4.78 is 2.25. The van der Waals surface area contributed by atoms with Gasteiger partial charge in [-0.2, -0.15) is 0 Å². The van der Waals surface area contributed by atoms with Crippen LogP contribution in [0.5, 0.6) is 0 Å². The van der Waals surface area contributed by atoms with E-state index in [1.54, 1.807) is 0 Å². The first-order chi connectivity index (χ1) is 11.6. The van der Waals surface area contributed by atoms with Crippen LogP contribution in [0.1, 0.15) is 29.4 Å². The van der Waals surface area contributed by atoms with Gasteiger partial charge in [0.25, 0.3) is 5.91 Å². The second-order valence-electron chi connectivity index (χ2n) is 6.15. The van der Waals surface area contributed by atoms with Gasteiger partial charge in [0, 0.05) is 12.1 Å². The lowest BCUT2D eigenvalue weighted by Gasteiger charge is -2.49. The number of carbonyl (C=O) groups is 1. The first kappa shape index (κ1) is 16.8. The molecule has 0 aromatic carbocycles. The van der Waals surface area contributed by atoms with E-state index in [2.05, 4.69) is 27.3 Å². The zero-order valence-corrected chi connectivity index (χ0v) is 16.3. The van der Waals surface area contributed by atoms with Gasteiger partial charge in [-0.15, -0.1) is 21.5 Å². The summed E-state index contributed by atoms with van der Waals surface area (Å²) in [4.78, 5) is 15.9. The van der Waals surface area contributed by atoms with E-state index in [1.165, 1.54) is 60.4 Å². The maximum Gasteiger partial charge on any atom is 0.261 e. The molecule has 5 nitrogen and oxygen atoms in total. The number of amides is 1. The molecule has 1 N–H and O–H groups in total. The van der Waals surface area contributed by atoms with E-state index >= 15 is 0 Å². The number of fused-ring (bicyclic) bond motifs is 3. The molecule has 24 heavy (non-hydrogen) atoms. The van der Waals surface area contributed by atoms with Crippen LogP contribution in [0.15, 0.2) is 20.7 Å². The minimum Gasteiger partial charge on any atom is -0.347 e. The topological polar surface area (TPSA) is 58.1 Å². The van der Waals surface area contributed by atoms with Crippen molar-refractivity contribution in [3.63, 3.8) is 0 Å². The molecule has 5 rings (SSSR count). The van der Waals surface area contributed by atoms with Crippen molar-refractivity contribution in [3.8, 4) is 0 Å². The van der Waals surface area contributed by atoms with Crippen LogP contribution in [0.2, 0.25) is 4.47 Å². The first-order valence-electron chi connectivity index (χ1n) is 7.92. The van der Waals surface area contributed by atoms with Gasteiger partial charge in [0.1, 0.15) is 0 Å². The van der Waals surface area contributed by atoms with Crippen molar-refractivity contribution in [2.45, 2.75) is 40.4 Å². The molecule has 3 aliphatic heterocycles. The number of carbonyl (C=O) groups excluding carboxylic acids is 1. The zero-order chi connectivity index (χ0) is 16.7. The second kappa shape index (κ2) is 6.92. The Bertz CT molecular complexity index is 739. The quantitative estimate of drug-likeness (QED) is 0.849. The fourth-order valence-electron chi connectivity index (χ4n) is 3.59. The highest BCUT2D eigenvalue weighted by Gasteiger charge is 2.40. The van der Waals surface area contributed by atoms with E-state index in [-0.39, 0.29) is 11.9 Å². The van der Waals surface area contributed by atoms with Crippen molar-refractivity contribution in [2.75, 3.05) is 13.1 Å². The highest BCUT2D eigenvalue weighted by atomic mass is 35.5. The average Bonchev–Trinajstić information content (AvgIpc) is 3.21. The summed E-state index contributed by atoms with van der Waals surface area (Å²) in [7, 11) is 0. The van der Waals surface area contributed by atoms with Gasteiger partial charge in [-0.1, -0.05) is 11.3 Å². The number of nitrogens with one attached hydrogen (secondary N) is 1.